The van der Waals surface area contributed by atoms with E-state index in [9.17, 15) is 10.1 Å². The molecule has 1 saturated carbocycles. The second kappa shape index (κ2) is 7.58. The number of hydrogen-bond donors (Lipinski definition) is 1. The van der Waals surface area contributed by atoms with Gasteiger partial charge in [0.15, 0.2) is 0 Å². The number of hydrogen-bond acceptors (Lipinski definition) is 5. The molecule has 0 amide bonds. The van der Waals surface area contributed by atoms with E-state index in [1.165, 1.54) is 32.2 Å². The van der Waals surface area contributed by atoms with Crippen molar-refractivity contribution < 1.29 is 4.92 Å². The van der Waals surface area contributed by atoms with Crippen LogP contribution in [-0.4, -0.2) is 40.5 Å². The Morgan fingerprint density at radius 1 is 1.12 bits per heavy atom. The van der Waals surface area contributed by atoms with Crippen molar-refractivity contribution in [3.63, 3.8) is 0 Å². The summed E-state index contributed by atoms with van der Waals surface area (Å²) in [7, 11) is 0. The van der Waals surface area contributed by atoms with Crippen LogP contribution in [0.25, 0.3) is 10.8 Å². The number of piperidine rings is 1. The summed E-state index contributed by atoms with van der Waals surface area (Å²) in [6.45, 7) is 3.54. The summed E-state index contributed by atoms with van der Waals surface area (Å²) in [6.07, 6.45) is 11.1. The van der Waals surface area contributed by atoms with Gasteiger partial charge >= 0.3 is 0 Å². The van der Waals surface area contributed by atoms with Crippen LogP contribution in [-0.2, 0) is 0 Å². The van der Waals surface area contributed by atoms with Crippen LogP contribution in [0.4, 0.5) is 11.4 Å². The molecule has 1 saturated heterocycles. The average molecular weight is 354 g/mol. The molecule has 2 aliphatic rings. The van der Waals surface area contributed by atoms with Crippen LogP contribution in [0.2, 0.25) is 0 Å². The molecule has 2 fully saturated rings. The maximum Gasteiger partial charge on any atom is 0.278 e. The molecule has 6 nitrogen and oxygen atoms in total. The maximum absolute atomic E-state index is 11.2. The minimum Gasteiger partial charge on any atom is -0.382 e. The Labute approximate surface area is 153 Å². The largest absolute Gasteiger partial charge is 0.382 e. The van der Waals surface area contributed by atoms with Gasteiger partial charge in [-0.3, -0.25) is 15.1 Å². The number of nitro groups is 1. The molecule has 0 atom stereocenters. The molecular weight excluding hydrogens is 328 g/mol. The summed E-state index contributed by atoms with van der Waals surface area (Å²) >= 11 is 0. The van der Waals surface area contributed by atoms with E-state index in [1.54, 1.807) is 18.5 Å². The van der Waals surface area contributed by atoms with Crippen LogP contribution in [0.5, 0.6) is 0 Å². The van der Waals surface area contributed by atoms with Crippen LogP contribution >= 0.6 is 0 Å². The van der Waals surface area contributed by atoms with Crippen molar-refractivity contribution in [3.8, 4) is 0 Å². The molecule has 1 aliphatic heterocycles. The first-order chi connectivity index (χ1) is 12.7. The van der Waals surface area contributed by atoms with Gasteiger partial charge in [0.2, 0.25) is 0 Å². The standard InChI is InChI=1S/C20H26N4O2/c25-24(26)20-6-5-19(17-7-10-21-13-18(17)20)22-16-8-11-23(12-9-16)14-15-3-1-2-4-15/h5-7,10,13,15-16,22H,1-4,8-9,11-12,14H2. The van der Waals surface area contributed by atoms with Gasteiger partial charge < -0.3 is 10.2 Å². The zero-order valence-corrected chi connectivity index (χ0v) is 15.1. The Bertz CT molecular complexity index is 780. The zero-order valence-electron chi connectivity index (χ0n) is 15.1. The molecule has 1 aromatic heterocycles. The average Bonchev–Trinajstić information content (AvgIpc) is 3.16. The third-order valence-electron chi connectivity index (χ3n) is 5.93. The third kappa shape index (κ3) is 3.65. The predicted molar refractivity (Wildman–Crippen MR) is 103 cm³/mol. The second-order valence-corrected chi connectivity index (χ2v) is 7.68. The molecule has 1 aromatic carbocycles. The number of pyridine rings is 1. The first-order valence-corrected chi connectivity index (χ1v) is 9.71. The fourth-order valence-electron chi connectivity index (χ4n) is 4.50. The number of anilines is 1. The van der Waals surface area contributed by atoms with Crippen LogP contribution in [0.1, 0.15) is 38.5 Å². The second-order valence-electron chi connectivity index (χ2n) is 7.68. The van der Waals surface area contributed by atoms with Crippen LogP contribution in [0, 0.1) is 16.0 Å². The van der Waals surface area contributed by atoms with Crippen LogP contribution in [0.15, 0.2) is 30.6 Å². The summed E-state index contributed by atoms with van der Waals surface area (Å²) in [4.78, 5) is 17.6. The fourth-order valence-corrected chi connectivity index (χ4v) is 4.50. The molecule has 2 heterocycles. The number of fused-ring (bicyclic) bond motifs is 1. The van der Waals surface area contributed by atoms with Crippen molar-refractivity contribution in [1.82, 2.24) is 9.88 Å². The molecule has 0 bridgehead atoms. The number of benzene rings is 1. The van der Waals surface area contributed by atoms with Crippen molar-refractivity contribution in [3.05, 3.63) is 40.7 Å². The number of nitro benzene ring substituents is 1. The lowest BCUT2D eigenvalue weighted by Crippen LogP contribution is -2.41. The molecule has 1 aliphatic carbocycles. The molecule has 2 aromatic rings. The smallest absolute Gasteiger partial charge is 0.278 e. The minimum absolute atomic E-state index is 0.116. The number of aromatic nitrogens is 1. The maximum atomic E-state index is 11.2. The van der Waals surface area contributed by atoms with Gasteiger partial charge in [-0.25, -0.2) is 0 Å². The summed E-state index contributed by atoms with van der Waals surface area (Å²) < 4.78 is 0. The first-order valence-electron chi connectivity index (χ1n) is 9.71. The van der Waals surface area contributed by atoms with E-state index in [4.69, 9.17) is 0 Å². The van der Waals surface area contributed by atoms with Gasteiger partial charge in [-0.15, -0.1) is 0 Å². The molecule has 1 N–H and O–H groups in total. The fraction of sp³-hybridized carbons (Fsp3) is 0.550. The Kier molecular flexibility index (Phi) is 5.02. The molecule has 138 valence electrons. The summed E-state index contributed by atoms with van der Waals surface area (Å²) in [5.41, 5.74) is 1.09. The van der Waals surface area contributed by atoms with E-state index in [0.29, 0.717) is 11.4 Å². The van der Waals surface area contributed by atoms with Gasteiger partial charge in [0.25, 0.3) is 5.69 Å². The van der Waals surface area contributed by atoms with Crippen molar-refractivity contribution in [2.24, 2.45) is 5.92 Å². The van der Waals surface area contributed by atoms with E-state index in [1.807, 2.05) is 12.1 Å². The van der Waals surface area contributed by atoms with E-state index >= 15 is 0 Å². The lowest BCUT2D eigenvalue weighted by atomic mass is 10.0. The summed E-state index contributed by atoms with van der Waals surface area (Å²) in [5.74, 6) is 0.908. The predicted octanol–water partition coefficient (Wildman–Crippen LogP) is 4.21. The number of nitrogens with one attached hydrogen (secondary N) is 1. The highest BCUT2D eigenvalue weighted by molar-refractivity contribution is 5.99. The minimum atomic E-state index is -0.338. The molecule has 6 heteroatoms. The third-order valence-corrected chi connectivity index (χ3v) is 5.93. The highest BCUT2D eigenvalue weighted by Gasteiger charge is 2.24. The van der Waals surface area contributed by atoms with E-state index in [-0.39, 0.29) is 10.6 Å². The molecule has 0 spiro atoms. The highest BCUT2D eigenvalue weighted by Crippen LogP contribution is 2.32. The van der Waals surface area contributed by atoms with Crippen molar-refractivity contribution >= 4 is 22.1 Å². The normalized spacial score (nSPS) is 19.8. The van der Waals surface area contributed by atoms with Crippen LogP contribution < -0.4 is 5.32 Å². The SMILES string of the molecule is O=[N+]([O-])c1ccc(NC2CCN(CC3CCCC3)CC2)c2ccncc12. The van der Waals surface area contributed by atoms with Crippen molar-refractivity contribution in [2.75, 3.05) is 25.0 Å². The number of likely N-dealkylation sites (tertiary alicyclic amines) is 1. The molecule has 0 radical (unpaired) electrons. The van der Waals surface area contributed by atoms with E-state index in [0.717, 1.165) is 42.9 Å². The number of rotatable bonds is 5. The van der Waals surface area contributed by atoms with Crippen LogP contribution in [0.3, 0.4) is 0 Å². The highest BCUT2D eigenvalue weighted by atomic mass is 16.6. The lowest BCUT2D eigenvalue weighted by molar-refractivity contribution is -0.383. The Morgan fingerprint density at radius 3 is 2.62 bits per heavy atom. The molecule has 26 heavy (non-hydrogen) atoms. The lowest BCUT2D eigenvalue weighted by Gasteiger charge is -2.34. The Morgan fingerprint density at radius 2 is 1.88 bits per heavy atom. The Balaban J connectivity index is 1.42. The van der Waals surface area contributed by atoms with Gasteiger partial charge in [0, 0.05) is 55.2 Å². The zero-order chi connectivity index (χ0) is 17.9. The van der Waals surface area contributed by atoms with Gasteiger partial charge in [-0.05, 0) is 43.7 Å². The van der Waals surface area contributed by atoms with Gasteiger partial charge in [0.1, 0.15) is 0 Å². The summed E-state index contributed by atoms with van der Waals surface area (Å²) in [5, 5.41) is 16.3. The van der Waals surface area contributed by atoms with Gasteiger partial charge in [-0.2, -0.15) is 0 Å². The van der Waals surface area contributed by atoms with E-state index in [2.05, 4.69) is 15.2 Å². The molecular formula is C20H26N4O2. The number of nitrogens with zero attached hydrogens (tertiary/aromatic N) is 3. The monoisotopic (exact) mass is 354 g/mol. The Hall–Kier alpha value is -2.21. The molecule has 4 rings (SSSR count). The van der Waals surface area contributed by atoms with Gasteiger partial charge in [-0.1, -0.05) is 12.8 Å². The van der Waals surface area contributed by atoms with Crippen molar-refractivity contribution in [1.29, 1.82) is 0 Å². The molecule has 0 unspecified atom stereocenters. The topological polar surface area (TPSA) is 71.3 Å². The first kappa shape index (κ1) is 17.2. The van der Waals surface area contributed by atoms with Gasteiger partial charge in [0.05, 0.1) is 10.3 Å². The van der Waals surface area contributed by atoms with E-state index < -0.39 is 0 Å². The van der Waals surface area contributed by atoms with Crippen molar-refractivity contribution in [2.45, 2.75) is 44.6 Å². The quantitative estimate of drug-likeness (QED) is 0.643. The summed E-state index contributed by atoms with van der Waals surface area (Å²) in [6, 6.07) is 5.71. The number of non-ortho nitro benzene ring substituents is 1.